The first kappa shape index (κ1) is 15.3. The van der Waals surface area contributed by atoms with Crippen LogP contribution in [-0.2, 0) is 13.2 Å². The fraction of sp³-hybridized carbons (Fsp3) is 0.150. The minimum atomic E-state index is 0.0356. The van der Waals surface area contributed by atoms with Crippen LogP contribution in [0.5, 0.6) is 0 Å². The van der Waals surface area contributed by atoms with Crippen molar-refractivity contribution in [1.29, 1.82) is 0 Å². The van der Waals surface area contributed by atoms with Crippen LogP contribution in [0.25, 0.3) is 23.1 Å². The lowest BCUT2D eigenvalue weighted by atomic mass is 10.1. The first-order chi connectivity index (χ1) is 11.3. The molecule has 0 aliphatic carbocycles. The molecule has 0 aliphatic heterocycles. The van der Waals surface area contributed by atoms with Crippen molar-refractivity contribution in [1.82, 2.24) is 9.55 Å². The van der Waals surface area contributed by atoms with E-state index in [1.54, 1.807) is 0 Å². The molecular weight excluding hydrogens is 284 g/mol. The van der Waals surface area contributed by atoms with Crippen molar-refractivity contribution in [2.24, 2.45) is 0 Å². The number of hydrogen-bond acceptors (Lipinski definition) is 2. The van der Waals surface area contributed by atoms with Gasteiger partial charge in [0, 0.05) is 34.4 Å². The molecule has 1 N–H and O–H groups in total. The summed E-state index contributed by atoms with van der Waals surface area (Å²) in [5, 5.41) is 10.7. The van der Waals surface area contributed by atoms with Crippen molar-refractivity contribution in [2.75, 3.05) is 0 Å². The molecule has 0 amide bonds. The summed E-state index contributed by atoms with van der Waals surface area (Å²) in [5.41, 5.74) is 5.18. The molecule has 0 spiro atoms. The van der Waals surface area contributed by atoms with Crippen molar-refractivity contribution >= 4 is 23.1 Å². The summed E-state index contributed by atoms with van der Waals surface area (Å²) in [6.45, 7) is 6.62. The van der Waals surface area contributed by atoms with Crippen LogP contribution in [0.3, 0.4) is 0 Å². The smallest absolute Gasteiger partial charge is 0.0702 e. The van der Waals surface area contributed by atoms with Gasteiger partial charge in [-0.05, 0) is 24.6 Å². The fourth-order valence-electron chi connectivity index (χ4n) is 2.96. The van der Waals surface area contributed by atoms with Gasteiger partial charge in [-0.1, -0.05) is 43.0 Å². The maximum absolute atomic E-state index is 9.58. The van der Waals surface area contributed by atoms with E-state index in [1.807, 2.05) is 55.7 Å². The topological polar surface area (TPSA) is 38.0 Å². The highest BCUT2D eigenvalue weighted by Gasteiger charge is 2.11. The van der Waals surface area contributed by atoms with Gasteiger partial charge in [0.05, 0.1) is 18.8 Å². The van der Waals surface area contributed by atoms with Crippen LogP contribution >= 0.6 is 0 Å². The minimum absolute atomic E-state index is 0.0356. The zero-order chi connectivity index (χ0) is 16.2. The second-order valence-electron chi connectivity index (χ2n) is 5.42. The third-order valence-corrected chi connectivity index (χ3v) is 4.02. The van der Waals surface area contributed by atoms with Crippen LogP contribution in [0.2, 0.25) is 0 Å². The van der Waals surface area contributed by atoms with E-state index in [4.69, 9.17) is 0 Å². The highest BCUT2D eigenvalue weighted by atomic mass is 16.3. The van der Waals surface area contributed by atoms with Gasteiger partial charge in [0.25, 0.3) is 0 Å². The van der Waals surface area contributed by atoms with Gasteiger partial charge in [0.2, 0.25) is 0 Å². The van der Waals surface area contributed by atoms with Crippen molar-refractivity contribution in [2.45, 2.75) is 20.1 Å². The van der Waals surface area contributed by atoms with Crippen molar-refractivity contribution in [3.63, 3.8) is 0 Å². The molecule has 3 rings (SSSR count). The third-order valence-electron chi connectivity index (χ3n) is 4.02. The molecule has 0 bridgehead atoms. The zero-order valence-corrected chi connectivity index (χ0v) is 13.2. The Morgan fingerprint density at radius 1 is 1.26 bits per heavy atom. The maximum Gasteiger partial charge on any atom is 0.0702 e. The van der Waals surface area contributed by atoms with Gasteiger partial charge < -0.3 is 9.67 Å². The van der Waals surface area contributed by atoms with Crippen molar-refractivity contribution in [3.8, 4) is 0 Å². The van der Waals surface area contributed by atoms with E-state index in [9.17, 15) is 5.11 Å². The molecule has 3 aromatic rings. The van der Waals surface area contributed by atoms with Gasteiger partial charge in [-0.25, -0.2) is 0 Å². The number of hydrogen-bond donors (Lipinski definition) is 1. The summed E-state index contributed by atoms with van der Waals surface area (Å²) in [6, 6.07) is 10.1. The van der Waals surface area contributed by atoms with E-state index in [0.717, 1.165) is 33.3 Å². The van der Waals surface area contributed by atoms with Gasteiger partial charge in [0.1, 0.15) is 0 Å². The summed E-state index contributed by atoms with van der Waals surface area (Å²) < 4.78 is 2.13. The molecule has 3 heteroatoms. The fourth-order valence-corrected chi connectivity index (χ4v) is 2.96. The molecule has 0 saturated carbocycles. The van der Waals surface area contributed by atoms with Crippen LogP contribution < -0.4 is 0 Å². The average Bonchev–Trinajstić information content (AvgIpc) is 2.94. The molecule has 0 aliphatic rings. The van der Waals surface area contributed by atoms with Crippen LogP contribution in [-0.4, -0.2) is 14.7 Å². The number of aliphatic hydroxyl groups excluding tert-OH is 1. The van der Waals surface area contributed by atoms with E-state index in [0.29, 0.717) is 6.54 Å². The number of benzene rings is 1. The number of nitrogens with zero attached hydrogens (tertiary/aromatic N) is 2. The molecule has 0 atom stereocenters. The Labute approximate surface area is 136 Å². The second-order valence-corrected chi connectivity index (χ2v) is 5.42. The molecular formula is C20H20N2O. The Morgan fingerprint density at radius 3 is 2.83 bits per heavy atom. The van der Waals surface area contributed by atoms with Crippen molar-refractivity contribution in [3.05, 3.63) is 77.8 Å². The second kappa shape index (κ2) is 6.63. The number of aliphatic hydroxyl groups is 1. The highest BCUT2D eigenvalue weighted by molar-refractivity contribution is 5.84. The Morgan fingerprint density at radius 2 is 2.09 bits per heavy atom. The van der Waals surface area contributed by atoms with Crippen LogP contribution in [0.15, 0.2) is 55.4 Å². The van der Waals surface area contributed by atoms with Crippen LogP contribution in [0.1, 0.15) is 29.3 Å². The molecule has 23 heavy (non-hydrogen) atoms. The summed E-state index contributed by atoms with van der Waals surface area (Å²) in [7, 11) is 0. The molecule has 3 nitrogen and oxygen atoms in total. The van der Waals surface area contributed by atoms with Crippen LogP contribution in [0, 0.1) is 0 Å². The van der Waals surface area contributed by atoms with E-state index in [-0.39, 0.29) is 6.61 Å². The summed E-state index contributed by atoms with van der Waals surface area (Å²) in [5.74, 6) is 0. The number of allylic oxidation sites excluding steroid dienone is 1. The molecule has 2 heterocycles. The molecule has 0 fully saturated rings. The number of pyridine rings is 1. The number of rotatable bonds is 5. The summed E-state index contributed by atoms with van der Waals surface area (Å²) >= 11 is 0. The molecule has 1 aromatic carbocycles. The lowest BCUT2D eigenvalue weighted by molar-refractivity contribution is 0.283. The number of fused-ring (bicyclic) bond motifs is 1. The predicted molar refractivity (Wildman–Crippen MR) is 96.0 cm³/mol. The summed E-state index contributed by atoms with van der Waals surface area (Å²) in [6.07, 6.45) is 9.77. The third kappa shape index (κ3) is 2.83. The van der Waals surface area contributed by atoms with Crippen LogP contribution in [0.4, 0.5) is 0 Å². The quantitative estimate of drug-likeness (QED) is 0.765. The molecule has 0 unspecified atom stereocenters. The minimum Gasteiger partial charge on any atom is -0.392 e. The number of para-hydroxylation sites is 1. The normalized spacial score (nSPS) is 11.4. The van der Waals surface area contributed by atoms with Gasteiger partial charge in [-0.3, -0.25) is 4.98 Å². The van der Waals surface area contributed by atoms with Gasteiger partial charge in [-0.15, -0.1) is 0 Å². The molecule has 0 radical (unpaired) electrons. The van der Waals surface area contributed by atoms with Gasteiger partial charge in [0.15, 0.2) is 0 Å². The Kier molecular flexibility index (Phi) is 4.40. The van der Waals surface area contributed by atoms with E-state index < -0.39 is 0 Å². The molecule has 116 valence electrons. The SMILES string of the molecule is C=Cc1c(/C=C\C)ccnc1Cn1cc(CO)c2ccccc21. The highest BCUT2D eigenvalue weighted by Crippen LogP contribution is 2.24. The zero-order valence-electron chi connectivity index (χ0n) is 13.2. The summed E-state index contributed by atoms with van der Waals surface area (Å²) in [4.78, 5) is 4.54. The number of aromatic nitrogens is 2. The monoisotopic (exact) mass is 304 g/mol. The van der Waals surface area contributed by atoms with Crippen molar-refractivity contribution < 1.29 is 5.11 Å². The standard InChI is InChI=1S/C20H20N2O/c1-3-7-15-10-11-21-19(17(15)4-2)13-22-12-16(14-23)18-8-5-6-9-20(18)22/h3-12,23H,2,13-14H2,1H3/b7-3-. The first-order valence-electron chi connectivity index (χ1n) is 7.69. The Hall–Kier alpha value is -2.65. The average molecular weight is 304 g/mol. The Balaban J connectivity index is 2.10. The molecule has 2 aromatic heterocycles. The first-order valence-corrected chi connectivity index (χ1v) is 7.69. The largest absolute Gasteiger partial charge is 0.392 e. The Bertz CT molecular complexity index is 874. The predicted octanol–water partition coefficient (Wildman–Crippen LogP) is 4.25. The lowest BCUT2D eigenvalue weighted by Gasteiger charge is -2.10. The maximum atomic E-state index is 9.58. The van der Waals surface area contributed by atoms with Gasteiger partial charge >= 0.3 is 0 Å². The van der Waals surface area contributed by atoms with E-state index in [2.05, 4.69) is 28.3 Å². The molecule has 0 saturated heterocycles. The van der Waals surface area contributed by atoms with E-state index >= 15 is 0 Å². The van der Waals surface area contributed by atoms with E-state index in [1.165, 1.54) is 0 Å². The van der Waals surface area contributed by atoms with Gasteiger partial charge in [-0.2, -0.15) is 0 Å². The lowest BCUT2D eigenvalue weighted by Crippen LogP contribution is -2.04.